The second-order valence-electron chi connectivity index (χ2n) is 11.8. The van der Waals surface area contributed by atoms with Crippen LogP contribution < -0.4 is 26.6 Å². The van der Waals surface area contributed by atoms with Gasteiger partial charge in [0, 0.05) is 59.7 Å². The van der Waals surface area contributed by atoms with Crippen molar-refractivity contribution in [3.05, 3.63) is 0 Å². The molecule has 0 aromatic heterocycles. The molecule has 300 valence electrons. The third kappa shape index (κ3) is 24.0. The Labute approximate surface area is 312 Å². The van der Waals surface area contributed by atoms with Crippen molar-refractivity contribution in [3.8, 4) is 0 Å². The Hall–Kier alpha value is -2.48. The van der Waals surface area contributed by atoms with E-state index in [1.165, 1.54) is 0 Å². The molecule has 1 rings (SSSR count). The molecule has 5 amide bonds. The van der Waals surface area contributed by atoms with Crippen LogP contribution in [0.4, 0.5) is 0 Å². The van der Waals surface area contributed by atoms with Crippen LogP contribution in [0, 0.1) is 5.92 Å². The van der Waals surface area contributed by atoms with Gasteiger partial charge in [0.25, 0.3) is 0 Å². The minimum Gasteiger partial charge on any atom is -0.382 e. The van der Waals surface area contributed by atoms with E-state index in [0.29, 0.717) is 71.9 Å². The number of nitrogens with one attached hydrogen (secondary N) is 5. The Bertz CT molecular complexity index is 1060. The first-order chi connectivity index (χ1) is 25.1. The highest BCUT2D eigenvalue weighted by Gasteiger charge is 2.33. The second kappa shape index (κ2) is 30.9. The molecule has 0 saturated heterocycles. The van der Waals surface area contributed by atoms with E-state index in [0.717, 1.165) is 0 Å². The zero-order valence-electron chi connectivity index (χ0n) is 30.7. The molecule has 20 heteroatoms. The number of amides is 5. The van der Waals surface area contributed by atoms with Crippen molar-refractivity contribution in [2.24, 2.45) is 5.92 Å². The monoisotopic (exact) mass is 784 g/mol. The molecule has 18 nitrogen and oxygen atoms in total. The Morgan fingerprint density at radius 1 is 0.615 bits per heavy atom. The lowest BCUT2D eigenvalue weighted by Crippen LogP contribution is -2.51. The van der Waals surface area contributed by atoms with Crippen LogP contribution in [-0.2, 0) is 61.5 Å². The normalized spacial score (nSPS) is 17.0. The van der Waals surface area contributed by atoms with Gasteiger partial charge in [-0.25, -0.2) is 0 Å². The Morgan fingerprint density at radius 2 is 1.06 bits per heavy atom. The van der Waals surface area contributed by atoms with E-state index in [4.69, 9.17) is 32.9 Å². The van der Waals surface area contributed by atoms with Crippen LogP contribution in [0.2, 0.25) is 0 Å². The first-order valence-electron chi connectivity index (χ1n) is 17.6. The van der Waals surface area contributed by atoms with Gasteiger partial charge in [0.1, 0.15) is 30.4 Å². The molecule has 0 heterocycles. The minimum absolute atomic E-state index is 0.00997. The van der Waals surface area contributed by atoms with E-state index in [1.807, 2.05) is 0 Å². The summed E-state index contributed by atoms with van der Waals surface area (Å²) in [6.07, 6.45) is 1.41. The quantitative estimate of drug-likeness (QED) is 0.0310. The van der Waals surface area contributed by atoms with E-state index in [1.54, 1.807) is 21.3 Å². The Kier molecular flexibility index (Phi) is 28.3. The fraction of sp³-hybridized carbons (Fsp3) is 0.844. The van der Waals surface area contributed by atoms with Crippen molar-refractivity contribution in [1.29, 1.82) is 0 Å². The van der Waals surface area contributed by atoms with Gasteiger partial charge in [-0.15, -0.1) is 4.52 Å². The molecule has 0 aromatic carbocycles. The lowest BCUT2D eigenvalue weighted by Gasteiger charge is -2.27. The molecule has 1 fully saturated rings. The van der Waals surface area contributed by atoms with Crippen molar-refractivity contribution < 1.29 is 61.5 Å². The zero-order valence-corrected chi connectivity index (χ0v) is 32.4. The first kappa shape index (κ1) is 47.5. The molecular formula is C32H59N5O13PS+. The second-order valence-corrected chi connectivity index (χ2v) is 13.5. The molecule has 0 bridgehead atoms. The molecule has 0 aliphatic heterocycles. The van der Waals surface area contributed by atoms with Gasteiger partial charge in [-0.2, -0.15) is 0 Å². The molecule has 0 spiro atoms. The number of carbonyl (C=O) groups is 5. The highest BCUT2D eigenvalue weighted by molar-refractivity contribution is 8.39. The van der Waals surface area contributed by atoms with Crippen LogP contribution >= 0.6 is 19.5 Å². The molecular weight excluding hydrogens is 725 g/mol. The van der Waals surface area contributed by atoms with E-state index < -0.39 is 43.0 Å². The SMILES string of the molecule is COCCOCCNC(=O)CCC(NC(=O)CCC(NC(=O)C1CCC(O[P+](=O)S)CC1)C(=O)NCCOCCOC)C(=O)NCCOCCOC. The van der Waals surface area contributed by atoms with E-state index in [9.17, 15) is 28.5 Å². The molecule has 52 heavy (non-hydrogen) atoms. The van der Waals surface area contributed by atoms with Gasteiger partial charge in [-0.05, 0) is 43.1 Å². The molecule has 1 aliphatic carbocycles. The van der Waals surface area contributed by atoms with Crippen molar-refractivity contribution in [3.63, 3.8) is 0 Å². The summed E-state index contributed by atoms with van der Waals surface area (Å²) in [7, 11) is 2.60. The maximum absolute atomic E-state index is 13.2. The number of methoxy groups -OCH3 is 3. The predicted octanol–water partition coefficient (Wildman–Crippen LogP) is 0.0166. The number of thiol groups is 1. The van der Waals surface area contributed by atoms with Gasteiger partial charge in [-0.3, -0.25) is 24.0 Å². The lowest BCUT2D eigenvalue weighted by molar-refractivity contribution is -0.133. The summed E-state index contributed by atoms with van der Waals surface area (Å²) in [6, 6.07) is -2.10. The van der Waals surface area contributed by atoms with Gasteiger partial charge in [0.2, 0.25) is 29.5 Å². The zero-order chi connectivity index (χ0) is 38.4. The number of ether oxygens (including phenoxy) is 6. The van der Waals surface area contributed by atoms with Crippen molar-refractivity contribution in [1.82, 2.24) is 26.6 Å². The maximum Gasteiger partial charge on any atom is 0.582 e. The van der Waals surface area contributed by atoms with Crippen LogP contribution in [0.15, 0.2) is 0 Å². The lowest BCUT2D eigenvalue weighted by atomic mass is 9.86. The summed E-state index contributed by atoms with van der Waals surface area (Å²) in [5.41, 5.74) is 0. The third-order valence-corrected chi connectivity index (χ3v) is 8.61. The Balaban J connectivity index is 2.83. The van der Waals surface area contributed by atoms with Crippen LogP contribution in [0.25, 0.3) is 0 Å². The van der Waals surface area contributed by atoms with Crippen LogP contribution in [0.5, 0.6) is 0 Å². The summed E-state index contributed by atoms with van der Waals surface area (Å²) in [6.45, 7) is 3.66. The molecule has 3 unspecified atom stereocenters. The van der Waals surface area contributed by atoms with Crippen LogP contribution in [-0.4, -0.2) is 148 Å². The van der Waals surface area contributed by atoms with Gasteiger partial charge in [0.05, 0.1) is 59.5 Å². The summed E-state index contributed by atoms with van der Waals surface area (Å²) in [5, 5.41) is 13.6. The van der Waals surface area contributed by atoms with Gasteiger partial charge < -0.3 is 55.0 Å². The smallest absolute Gasteiger partial charge is 0.382 e. The first-order valence-corrected chi connectivity index (χ1v) is 19.9. The van der Waals surface area contributed by atoms with E-state index in [-0.39, 0.29) is 76.4 Å². The summed E-state index contributed by atoms with van der Waals surface area (Å²) < 4.78 is 47.5. The largest absolute Gasteiger partial charge is 0.582 e. The average Bonchev–Trinajstić information content (AvgIpc) is 3.12. The predicted molar refractivity (Wildman–Crippen MR) is 193 cm³/mol. The summed E-state index contributed by atoms with van der Waals surface area (Å²) in [4.78, 5) is 65.1. The molecule has 0 radical (unpaired) electrons. The number of hydrogen-bond donors (Lipinski definition) is 6. The molecule has 1 aliphatic rings. The number of carbonyl (C=O) groups excluding carboxylic acids is 5. The van der Waals surface area contributed by atoms with E-state index in [2.05, 4.69) is 38.8 Å². The highest BCUT2D eigenvalue weighted by Crippen LogP contribution is 2.36. The molecule has 3 atom stereocenters. The van der Waals surface area contributed by atoms with Crippen LogP contribution in [0.1, 0.15) is 51.4 Å². The minimum atomic E-state index is -2.05. The number of hydrogen-bond acceptors (Lipinski definition) is 13. The van der Waals surface area contributed by atoms with E-state index >= 15 is 0 Å². The summed E-state index contributed by atoms with van der Waals surface area (Å²) in [5.74, 6) is -2.60. The van der Waals surface area contributed by atoms with Crippen molar-refractivity contribution >= 4 is 49.0 Å². The average molecular weight is 785 g/mol. The topological polar surface area (TPSA) is 227 Å². The number of rotatable bonds is 31. The van der Waals surface area contributed by atoms with Gasteiger partial charge in [0.15, 0.2) is 0 Å². The van der Waals surface area contributed by atoms with Crippen LogP contribution in [0.3, 0.4) is 0 Å². The fourth-order valence-electron chi connectivity index (χ4n) is 5.03. The molecule has 0 aromatic rings. The standard InChI is InChI=1S/C32H58N5O13PS/c1-44-18-21-47-15-12-33-28(38)10-8-26(31(41)34-13-16-48-22-19-45-2)36-29(39)11-9-27(32(42)35-14-17-49-23-20-46-3)37-30(40)24-4-6-25(7-5-24)50-51(43)52/h24-27H,4-23H2,1-3H3,(H5-,33,34,35,36,37,38,39,40,41,42,43,52)/p+1. The van der Waals surface area contributed by atoms with Crippen molar-refractivity contribution in [2.45, 2.75) is 69.6 Å². The fourth-order valence-corrected chi connectivity index (χ4v) is 5.89. The highest BCUT2D eigenvalue weighted by atomic mass is 32.7. The molecule has 1 saturated carbocycles. The van der Waals surface area contributed by atoms with Crippen molar-refractivity contribution in [2.75, 3.05) is 100 Å². The van der Waals surface area contributed by atoms with Gasteiger partial charge >= 0.3 is 7.23 Å². The summed E-state index contributed by atoms with van der Waals surface area (Å²) >= 11 is 3.80. The third-order valence-electron chi connectivity index (χ3n) is 7.84. The van der Waals surface area contributed by atoms with Gasteiger partial charge in [-0.1, -0.05) is 0 Å². The maximum atomic E-state index is 13.2. The molecule has 5 N–H and O–H groups in total. The Morgan fingerprint density at radius 3 is 1.52 bits per heavy atom.